The number of carbonyl (C=O) groups is 1. The molecular weight excluding hydrogens is 327 g/mol. The van der Waals surface area contributed by atoms with Gasteiger partial charge in [-0.25, -0.2) is 9.18 Å². The number of ether oxygens (including phenoxy) is 1. The molecule has 0 spiro atoms. The zero-order chi connectivity index (χ0) is 14.9. The summed E-state index contributed by atoms with van der Waals surface area (Å²) in [7, 11) is 0. The topological polar surface area (TPSA) is 45.3 Å². The number of rotatable bonds is 1. The molecule has 0 aromatic carbocycles. The molecule has 0 unspecified atom stereocenters. The van der Waals surface area contributed by atoms with E-state index in [1.807, 2.05) is 20.8 Å². The molecule has 1 fully saturated rings. The van der Waals surface area contributed by atoms with Gasteiger partial charge in [-0.15, -0.1) is 0 Å². The van der Waals surface area contributed by atoms with Crippen molar-refractivity contribution in [1.29, 1.82) is 0 Å². The van der Waals surface area contributed by atoms with Crippen LogP contribution in [0, 0.1) is 5.82 Å². The first-order chi connectivity index (χ1) is 9.28. The minimum atomic E-state index is -0.482. The smallest absolute Gasteiger partial charge is 0.410 e. The minimum Gasteiger partial charge on any atom is -0.444 e. The number of hydrogen-bond donors (Lipinski definition) is 1. The van der Waals surface area contributed by atoms with E-state index in [1.165, 1.54) is 0 Å². The van der Waals surface area contributed by atoms with Gasteiger partial charge in [-0.1, -0.05) is 0 Å². The molecule has 1 aliphatic heterocycles. The largest absolute Gasteiger partial charge is 0.444 e. The van der Waals surface area contributed by atoms with Crippen LogP contribution in [0.25, 0.3) is 0 Å². The number of H-pyrrole nitrogens is 1. The molecule has 6 heteroatoms. The van der Waals surface area contributed by atoms with Crippen LogP contribution in [0.3, 0.4) is 0 Å². The lowest BCUT2D eigenvalue weighted by atomic mass is 9.93. The normalized spacial score (nSPS) is 17.4. The van der Waals surface area contributed by atoms with Crippen LogP contribution in [0.2, 0.25) is 0 Å². The Hall–Kier alpha value is -1.04. The first kappa shape index (κ1) is 15.4. The summed E-state index contributed by atoms with van der Waals surface area (Å²) in [4.78, 5) is 16.6. The highest BCUT2D eigenvalue weighted by molar-refractivity contribution is 9.10. The van der Waals surface area contributed by atoms with Gasteiger partial charge < -0.3 is 14.6 Å². The highest BCUT2D eigenvalue weighted by Gasteiger charge is 2.29. The van der Waals surface area contributed by atoms with E-state index < -0.39 is 5.60 Å². The van der Waals surface area contributed by atoms with Crippen LogP contribution in [0.5, 0.6) is 0 Å². The molecule has 112 valence electrons. The lowest BCUT2D eigenvalue weighted by molar-refractivity contribution is 0.0203. The molecule has 1 amide bonds. The fourth-order valence-electron chi connectivity index (χ4n) is 2.37. The van der Waals surface area contributed by atoms with Crippen LogP contribution in [-0.2, 0) is 4.74 Å². The van der Waals surface area contributed by atoms with Gasteiger partial charge in [-0.05, 0) is 49.5 Å². The molecule has 2 heterocycles. The minimum absolute atomic E-state index is 0.125. The monoisotopic (exact) mass is 346 g/mol. The second-order valence-corrected chi connectivity index (χ2v) is 6.96. The van der Waals surface area contributed by atoms with Crippen molar-refractivity contribution in [3.8, 4) is 0 Å². The second-order valence-electron chi connectivity index (χ2n) is 6.11. The Balaban J connectivity index is 1.93. The third kappa shape index (κ3) is 3.53. The van der Waals surface area contributed by atoms with E-state index in [4.69, 9.17) is 4.74 Å². The molecule has 0 radical (unpaired) electrons. The Bertz CT molecular complexity index is 488. The Morgan fingerprint density at radius 3 is 2.50 bits per heavy atom. The van der Waals surface area contributed by atoms with E-state index in [-0.39, 0.29) is 17.8 Å². The molecule has 20 heavy (non-hydrogen) atoms. The maximum absolute atomic E-state index is 13.8. The summed E-state index contributed by atoms with van der Waals surface area (Å²) in [5.74, 6) is -0.0966. The number of hydrogen-bond acceptors (Lipinski definition) is 2. The van der Waals surface area contributed by atoms with Gasteiger partial charge in [0.1, 0.15) is 5.60 Å². The van der Waals surface area contributed by atoms with Crippen molar-refractivity contribution in [2.24, 2.45) is 0 Å². The fourth-order valence-corrected chi connectivity index (χ4v) is 2.70. The highest BCUT2D eigenvalue weighted by Crippen LogP contribution is 2.32. The lowest BCUT2D eigenvalue weighted by Crippen LogP contribution is -2.41. The number of aromatic amines is 1. The molecule has 0 atom stereocenters. The number of halogens is 2. The molecule has 1 aromatic heterocycles. The lowest BCUT2D eigenvalue weighted by Gasteiger charge is -2.33. The van der Waals surface area contributed by atoms with Crippen molar-refractivity contribution in [3.05, 3.63) is 22.2 Å². The highest BCUT2D eigenvalue weighted by atomic mass is 79.9. The Labute approximate surface area is 126 Å². The number of carbonyl (C=O) groups excluding carboxylic acids is 1. The summed E-state index contributed by atoms with van der Waals surface area (Å²) in [6.07, 6.45) is 2.81. The van der Waals surface area contributed by atoms with Gasteiger partial charge in [0, 0.05) is 25.2 Å². The maximum Gasteiger partial charge on any atom is 0.410 e. The van der Waals surface area contributed by atoms with Crippen LogP contribution in [0.15, 0.2) is 10.7 Å². The molecule has 1 aromatic rings. The van der Waals surface area contributed by atoms with E-state index in [2.05, 4.69) is 20.9 Å². The standard InChI is InChI=1S/C14H20BrFN2O2/c1-14(2,3)20-13(19)18-6-4-9(5-7-18)12-11(16)10(15)8-17-12/h8-9,17H,4-7H2,1-3H3. The van der Waals surface area contributed by atoms with E-state index in [9.17, 15) is 9.18 Å². The molecule has 4 nitrogen and oxygen atoms in total. The van der Waals surface area contributed by atoms with Crippen LogP contribution < -0.4 is 0 Å². The SMILES string of the molecule is CC(C)(C)OC(=O)N1CCC(c2[nH]cc(Br)c2F)CC1. The van der Waals surface area contributed by atoms with Gasteiger partial charge in [0.2, 0.25) is 0 Å². The Morgan fingerprint density at radius 1 is 1.45 bits per heavy atom. The van der Waals surface area contributed by atoms with Crippen LogP contribution in [-0.4, -0.2) is 34.7 Å². The van der Waals surface area contributed by atoms with Crippen molar-refractivity contribution >= 4 is 22.0 Å². The third-order valence-electron chi connectivity index (χ3n) is 3.36. The van der Waals surface area contributed by atoms with Crippen LogP contribution in [0.4, 0.5) is 9.18 Å². The molecule has 0 aliphatic carbocycles. The quantitative estimate of drug-likeness (QED) is 0.834. The number of likely N-dealkylation sites (tertiary alicyclic amines) is 1. The zero-order valence-electron chi connectivity index (χ0n) is 12.0. The molecular formula is C14H20BrFN2O2. The van der Waals surface area contributed by atoms with Gasteiger partial charge in [0.05, 0.1) is 10.2 Å². The summed E-state index contributed by atoms with van der Waals surface area (Å²) < 4.78 is 19.6. The van der Waals surface area contributed by atoms with Gasteiger partial charge in [0.25, 0.3) is 0 Å². The zero-order valence-corrected chi connectivity index (χ0v) is 13.6. The average molecular weight is 347 g/mol. The van der Waals surface area contributed by atoms with Gasteiger partial charge >= 0.3 is 6.09 Å². The van der Waals surface area contributed by atoms with E-state index >= 15 is 0 Å². The predicted octanol–water partition coefficient (Wildman–Crippen LogP) is 4.03. The fraction of sp³-hybridized carbons (Fsp3) is 0.643. The van der Waals surface area contributed by atoms with Crippen LogP contribution >= 0.6 is 15.9 Å². The van der Waals surface area contributed by atoms with Gasteiger partial charge in [0.15, 0.2) is 5.82 Å². The molecule has 0 saturated carbocycles. The number of aromatic nitrogens is 1. The molecule has 1 aliphatic rings. The van der Waals surface area contributed by atoms with E-state index in [1.54, 1.807) is 11.1 Å². The number of nitrogens with zero attached hydrogens (tertiary/aromatic N) is 1. The molecule has 1 saturated heterocycles. The Kier molecular flexibility index (Phi) is 4.42. The summed E-state index contributed by atoms with van der Waals surface area (Å²) >= 11 is 3.16. The first-order valence-electron chi connectivity index (χ1n) is 6.78. The third-order valence-corrected chi connectivity index (χ3v) is 3.93. The van der Waals surface area contributed by atoms with Gasteiger partial charge in [-0.2, -0.15) is 0 Å². The van der Waals surface area contributed by atoms with E-state index in [0.717, 1.165) is 12.8 Å². The van der Waals surface area contributed by atoms with Crippen LogP contribution in [0.1, 0.15) is 45.2 Å². The van der Waals surface area contributed by atoms with Crippen molar-refractivity contribution in [2.45, 2.75) is 45.1 Å². The second kappa shape index (κ2) is 5.76. The maximum atomic E-state index is 13.8. The summed E-state index contributed by atoms with van der Waals surface area (Å²) in [5, 5.41) is 0. The molecule has 2 rings (SSSR count). The van der Waals surface area contributed by atoms with Crippen molar-refractivity contribution in [3.63, 3.8) is 0 Å². The van der Waals surface area contributed by atoms with Crippen molar-refractivity contribution < 1.29 is 13.9 Å². The summed E-state index contributed by atoms with van der Waals surface area (Å²) in [6, 6.07) is 0. The number of amides is 1. The van der Waals surface area contributed by atoms with E-state index in [0.29, 0.717) is 23.3 Å². The Morgan fingerprint density at radius 2 is 2.05 bits per heavy atom. The number of piperidine rings is 1. The molecule has 0 bridgehead atoms. The molecule has 1 N–H and O–H groups in total. The first-order valence-corrected chi connectivity index (χ1v) is 7.57. The van der Waals surface area contributed by atoms with Crippen molar-refractivity contribution in [1.82, 2.24) is 9.88 Å². The predicted molar refractivity (Wildman–Crippen MR) is 78.2 cm³/mol. The summed E-state index contributed by atoms with van der Waals surface area (Å²) in [6.45, 7) is 6.74. The van der Waals surface area contributed by atoms with Gasteiger partial charge in [-0.3, -0.25) is 0 Å². The summed E-state index contributed by atoms with van der Waals surface area (Å²) in [5.41, 5.74) is 0.144. The average Bonchev–Trinajstić information content (AvgIpc) is 2.68. The number of nitrogens with one attached hydrogen (secondary N) is 1. The van der Waals surface area contributed by atoms with Crippen molar-refractivity contribution in [2.75, 3.05) is 13.1 Å².